The second-order valence-corrected chi connectivity index (χ2v) is 6.03. The molecule has 116 valence electrons. The SMILES string of the molecule is CNC[C@]1(O)Cc2ccccc2[C@@H]1Oc1ccc(O)cc1Cl. The Morgan fingerprint density at radius 3 is 2.82 bits per heavy atom. The molecule has 2 aromatic rings. The van der Waals surface area contributed by atoms with Crippen molar-refractivity contribution in [2.75, 3.05) is 13.6 Å². The Kier molecular flexibility index (Phi) is 4.00. The number of ether oxygens (including phenoxy) is 1. The molecule has 22 heavy (non-hydrogen) atoms. The average Bonchev–Trinajstić information content (AvgIpc) is 2.74. The van der Waals surface area contributed by atoms with Crippen molar-refractivity contribution in [2.45, 2.75) is 18.1 Å². The maximum absolute atomic E-state index is 11.0. The van der Waals surface area contributed by atoms with E-state index < -0.39 is 11.7 Å². The van der Waals surface area contributed by atoms with Crippen LogP contribution in [0.3, 0.4) is 0 Å². The Morgan fingerprint density at radius 1 is 1.32 bits per heavy atom. The van der Waals surface area contributed by atoms with Crippen LogP contribution in [0.25, 0.3) is 0 Å². The van der Waals surface area contributed by atoms with Crippen LogP contribution in [-0.4, -0.2) is 29.4 Å². The lowest BCUT2D eigenvalue weighted by atomic mass is 9.97. The third kappa shape index (κ3) is 2.65. The van der Waals surface area contributed by atoms with Crippen LogP contribution >= 0.6 is 11.6 Å². The van der Waals surface area contributed by atoms with E-state index in [1.165, 1.54) is 12.1 Å². The summed E-state index contributed by atoms with van der Waals surface area (Å²) in [7, 11) is 1.80. The number of aromatic hydroxyl groups is 1. The molecule has 3 N–H and O–H groups in total. The van der Waals surface area contributed by atoms with E-state index in [0.717, 1.165) is 11.1 Å². The highest BCUT2D eigenvalue weighted by atomic mass is 35.5. The molecule has 0 saturated carbocycles. The van der Waals surface area contributed by atoms with Gasteiger partial charge in [0.25, 0.3) is 0 Å². The van der Waals surface area contributed by atoms with Crippen LogP contribution in [0.1, 0.15) is 17.2 Å². The summed E-state index contributed by atoms with van der Waals surface area (Å²) in [5.74, 6) is 0.519. The standard InChI is InChI=1S/C17H18ClNO3/c1-19-10-17(21)9-11-4-2-3-5-13(11)16(17)22-15-7-6-12(20)8-14(15)18/h2-8,16,19-21H,9-10H2,1H3/t16-,17+/m0/s1. The summed E-state index contributed by atoms with van der Waals surface area (Å²) in [5, 5.41) is 23.8. The van der Waals surface area contributed by atoms with Crippen molar-refractivity contribution < 1.29 is 14.9 Å². The van der Waals surface area contributed by atoms with Crippen LogP contribution in [0.5, 0.6) is 11.5 Å². The predicted octanol–water partition coefficient (Wildman–Crippen LogP) is 2.67. The molecule has 2 aromatic carbocycles. The van der Waals surface area contributed by atoms with E-state index in [0.29, 0.717) is 23.7 Å². The molecule has 3 rings (SSSR count). The number of benzene rings is 2. The lowest BCUT2D eigenvalue weighted by Gasteiger charge is -2.31. The monoisotopic (exact) mass is 319 g/mol. The van der Waals surface area contributed by atoms with Crippen molar-refractivity contribution in [2.24, 2.45) is 0 Å². The summed E-state index contributed by atoms with van der Waals surface area (Å²) in [4.78, 5) is 0. The van der Waals surface area contributed by atoms with E-state index >= 15 is 0 Å². The van der Waals surface area contributed by atoms with Crippen molar-refractivity contribution in [1.82, 2.24) is 5.32 Å². The number of halogens is 1. The quantitative estimate of drug-likeness (QED) is 0.811. The van der Waals surface area contributed by atoms with E-state index in [4.69, 9.17) is 16.3 Å². The van der Waals surface area contributed by atoms with Crippen molar-refractivity contribution >= 4 is 11.6 Å². The van der Waals surface area contributed by atoms with Crippen LogP contribution in [0.15, 0.2) is 42.5 Å². The third-order valence-electron chi connectivity index (χ3n) is 3.97. The fraction of sp³-hybridized carbons (Fsp3) is 0.294. The van der Waals surface area contributed by atoms with E-state index in [1.807, 2.05) is 24.3 Å². The second kappa shape index (κ2) is 5.80. The van der Waals surface area contributed by atoms with Gasteiger partial charge in [0.15, 0.2) is 6.10 Å². The third-order valence-corrected chi connectivity index (χ3v) is 4.26. The minimum absolute atomic E-state index is 0.0784. The van der Waals surface area contributed by atoms with Crippen molar-refractivity contribution in [1.29, 1.82) is 0 Å². The summed E-state index contributed by atoms with van der Waals surface area (Å²) in [6.07, 6.45) is 0.00267. The van der Waals surface area contributed by atoms with Crippen LogP contribution in [0.2, 0.25) is 5.02 Å². The van der Waals surface area contributed by atoms with E-state index in [1.54, 1.807) is 13.1 Å². The average molecular weight is 320 g/mol. The number of aliphatic hydroxyl groups is 1. The number of phenols is 1. The van der Waals surface area contributed by atoms with Crippen molar-refractivity contribution in [3.8, 4) is 11.5 Å². The Morgan fingerprint density at radius 2 is 2.09 bits per heavy atom. The van der Waals surface area contributed by atoms with Gasteiger partial charge in [-0.15, -0.1) is 0 Å². The fourth-order valence-electron chi connectivity index (χ4n) is 3.01. The molecule has 0 amide bonds. The van der Waals surface area contributed by atoms with Gasteiger partial charge in [-0.3, -0.25) is 0 Å². The molecule has 1 aliphatic rings. The summed E-state index contributed by atoms with van der Waals surface area (Å²) in [6, 6.07) is 12.4. The maximum Gasteiger partial charge on any atom is 0.154 e. The van der Waals surface area contributed by atoms with Gasteiger partial charge in [-0.2, -0.15) is 0 Å². The molecule has 0 saturated heterocycles. The first-order valence-corrected chi connectivity index (χ1v) is 7.51. The molecule has 0 heterocycles. The Labute approximate surface area is 134 Å². The molecule has 0 spiro atoms. The zero-order valence-corrected chi connectivity index (χ0v) is 13.0. The molecule has 0 fully saturated rings. The van der Waals surface area contributed by atoms with Gasteiger partial charge in [0.1, 0.15) is 17.1 Å². The van der Waals surface area contributed by atoms with Crippen molar-refractivity contribution in [3.05, 3.63) is 58.6 Å². The van der Waals surface area contributed by atoms with Crippen LogP contribution in [0, 0.1) is 0 Å². The van der Waals surface area contributed by atoms with Gasteiger partial charge in [-0.1, -0.05) is 35.9 Å². The number of rotatable bonds is 4. The predicted molar refractivity (Wildman–Crippen MR) is 85.5 cm³/mol. The molecule has 0 bridgehead atoms. The highest BCUT2D eigenvalue weighted by Crippen LogP contribution is 2.43. The zero-order valence-electron chi connectivity index (χ0n) is 12.2. The van der Waals surface area contributed by atoms with Gasteiger partial charge in [0, 0.05) is 19.0 Å². The number of hydrogen-bond acceptors (Lipinski definition) is 4. The second-order valence-electron chi connectivity index (χ2n) is 5.62. The lowest BCUT2D eigenvalue weighted by molar-refractivity contribution is -0.0484. The Bertz CT molecular complexity index is 691. The van der Waals surface area contributed by atoms with Gasteiger partial charge in [-0.25, -0.2) is 0 Å². The Balaban J connectivity index is 1.98. The fourth-order valence-corrected chi connectivity index (χ4v) is 3.23. The van der Waals surface area contributed by atoms with Gasteiger partial charge >= 0.3 is 0 Å². The molecule has 0 aromatic heterocycles. The van der Waals surface area contributed by atoms with Crippen LogP contribution in [0.4, 0.5) is 0 Å². The number of fused-ring (bicyclic) bond motifs is 1. The van der Waals surface area contributed by atoms with Crippen LogP contribution < -0.4 is 10.1 Å². The maximum atomic E-state index is 11.0. The molecule has 1 aliphatic carbocycles. The summed E-state index contributed by atoms with van der Waals surface area (Å²) >= 11 is 6.12. The zero-order chi connectivity index (χ0) is 15.7. The molecule has 0 radical (unpaired) electrons. The molecule has 2 atom stereocenters. The topological polar surface area (TPSA) is 61.7 Å². The minimum atomic E-state index is -1.04. The first-order chi connectivity index (χ1) is 10.5. The molecule has 0 aliphatic heterocycles. The largest absolute Gasteiger partial charge is 0.508 e. The normalized spacial score (nSPS) is 23.3. The lowest BCUT2D eigenvalue weighted by Crippen LogP contribution is -2.45. The summed E-state index contributed by atoms with van der Waals surface area (Å²) < 4.78 is 6.02. The first kappa shape index (κ1) is 15.2. The summed E-state index contributed by atoms with van der Waals surface area (Å²) in [6.45, 7) is 0.405. The molecule has 0 unspecified atom stereocenters. The number of likely N-dealkylation sites (N-methyl/N-ethyl adjacent to an activating group) is 1. The van der Waals surface area contributed by atoms with Crippen molar-refractivity contribution in [3.63, 3.8) is 0 Å². The van der Waals surface area contributed by atoms with Gasteiger partial charge in [0.2, 0.25) is 0 Å². The minimum Gasteiger partial charge on any atom is -0.508 e. The van der Waals surface area contributed by atoms with Crippen LogP contribution in [-0.2, 0) is 6.42 Å². The Hall–Kier alpha value is -1.75. The first-order valence-electron chi connectivity index (χ1n) is 7.13. The number of nitrogens with one attached hydrogen (secondary N) is 1. The molecular weight excluding hydrogens is 302 g/mol. The highest BCUT2D eigenvalue weighted by Gasteiger charge is 2.46. The van der Waals surface area contributed by atoms with E-state index in [2.05, 4.69) is 5.32 Å². The van der Waals surface area contributed by atoms with Gasteiger partial charge in [0.05, 0.1) is 5.02 Å². The highest BCUT2D eigenvalue weighted by molar-refractivity contribution is 6.32. The van der Waals surface area contributed by atoms with Gasteiger partial charge in [-0.05, 0) is 30.3 Å². The van der Waals surface area contributed by atoms with E-state index in [-0.39, 0.29) is 5.75 Å². The molecule has 4 nitrogen and oxygen atoms in total. The number of phenolic OH excluding ortho intramolecular Hbond substituents is 1. The number of hydrogen-bond donors (Lipinski definition) is 3. The molecular formula is C17H18ClNO3. The molecule has 5 heteroatoms. The van der Waals surface area contributed by atoms with Gasteiger partial charge < -0.3 is 20.3 Å². The summed E-state index contributed by atoms with van der Waals surface area (Å²) in [5.41, 5.74) is 0.990. The van der Waals surface area contributed by atoms with E-state index in [9.17, 15) is 10.2 Å². The smallest absolute Gasteiger partial charge is 0.154 e.